The lowest BCUT2D eigenvalue weighted by Crippen LogP contribution is -1.78. The quantitative estimate of drug-likeness (QED) is 0.411. The highest BCUT2D eigenvalue weighted by Crippen LogP contribution is 2.07. The van der Waals surface area contributed by atoms with Gasteiger partial charge in [0.15, 0.2) is 0 Å². The number of allylic oxidation sites excluding steroid dienone is 3. The van der Waals surface area contributed by atoms with Crippen LogP contribution in [-0.4, -0.2) is 0 Å². The maximum absolute atomic E-state index is 5.16. The lowest BCUT2D eigenvalue weighted by atomic mass is 10.1. The van der Waals surface area contributed by atoms with E-state index in [0.29, 0.717) is 0 Å². The molecule has 0 bridgehead atoms. The second kappa shape index (κ2) is 4.88. The van der Waals surface area contributed by atoms with Crippen LogP contribution in [0.5, 0.6) is 0 Å². The number of hydrogen-bond donors (Lipinski definition) is 0. The lowest BCUT2D eigenvalue weighted by Gasteiger charge is -1.97. The Balaban J connectivity index is 4.07. The van der Waals surface area contributed by atoms with Crippen molar-refractivity contribution in [2.24, 2.45) is 0 Å². The second-order valence-corrected chi connectivity index (χ2v) is 2.38. The fourth-order valence-corrected chi connectivity index (χ4v) is 0.758. The van der Waals surface area contributed by atoms with E-state index in [0.717, 1.165) is 18.4 Å². The average molecular weight is 134 g/mol. The summed E-state index contributed by atoms with van der Waals surface area (Å²) >= 11 is 0. The van der Waals surface area contributed by atoms with E-state index in [1.807, 2.05) is 6.92 Å². The van der Waals surface area contributed by atoms with Crippen molar-refractivity contribution < 1.29 is 0 Å². The van der Waals surface area contributed by atoms with Crippen molar-refractivity contribution in [3.8, 4) is 12.3 Å². The Morgan fingerprint density at radius 2 is 2.30 bits per heavy atom. The molecule has 0 radical (unpaired) electrons. The minimum Gasteiger partial charge on any atom is -0.120 e. The first-order valence-electron chi connectivity index (χ1n) is 3.49. The van der Waals surface area contributed by atoms with E-state index in [4.69, 9.17) is 6.42 Å². The van der Waals surface area contributed by atoms with Gasteiger partial charge in [-0.1, -0.05) is 30.7 Å². The summed E-state index contributed by atoms with van der Waals surface area (Å²) in [7, 11) is 0. The summed E-state index contributed by atoms with van der Waals surface area (Å²) in [5.41, 5.74) is 2.36. The summed E-state index contributed by atoms with van der Waals surface area (Å²) in [6.45, 7) is 7.86. The second-order valence-electron chi connectivity index (χ2n) is 2.38. The van der Waals surface area contributed by atoms with E-state index in [2.05, 4.69) is 25.5 Å². The van der Waals surface area contributed by atoms with Gasteiger partial charge in [0.2, 0.25) is 0 Å². The van der Waals surface area contributed by atoms with Gasteiger partial charge in [0.1, 0.15) is 0 Å². The van der Waals surface area contributed by atoms with Crippen molar-refractivity contribution in [1.82, 2.24) is 0 Å². The number of terminal acetylenes is 1. The molecule has 0 N–H and O–H groups in total. The zero-order chi connectivity index (χ0) is 7.98. The average Bonchev–Trinajstić information content (AvgIpc) is 1.86. The van der Waals surface area contributed by atoms with Crippen molar-refractivity contribution in [3.05, 3.63) is 23.8 Å². The molecule has 0 fully saturated rings. The maximum Gasteiger partial charge on any atom is 0.0299 e. The molecular formula is C10H14. The Kier molecular flexibility index (Phi) is 4.41. The lowest BCUT2D eigenvalue weighted by molar-refractivity contribution is 1.04. The normalized spacial score (nSPS) is 10.7. The van der Waals surface area contributed by atoms with Gasteiger partial charge >= 0.3 is 0 Å². The first-order chi connectivity index (χ1) is 4.70. The van der Waals surface area contributed by atoms with Gasteiger partial charge in [-0.05, 0) is 13.3 Å². The molecule has 0 saturated heterocycles. The standard InChI is InChI=1S/C10H14/c1-5-7-10(6-2)8-9(3)4/h1,8H,3,6-7H2,2,4H3. The zero-order valence-corrected chi connectivity index (χ0v) is 6.78. The molecule has 0 heterocycles. The topological polar surface area (TPSA) is 0 Å². The molecule has 0 aliphatic rings. The minimum absolute atomic E-state index is 0.753. The predicted octanol–water partition coefficient (Wildman–Crippen LogP) is 2.92. The maximum atomic E-state index is 5.16. The van der Waals surface area contributed by atoms with Gasteiger partial charge in [-0.25, -0.2) is 0 Å². The van der Waals surface area contributed by atoms with Crippen LogP contribution in [0.4, 0.5) is 0 Å². The molecule has 0 aliphatic carbocycles. The van der Waals surface area contributed by atoms with Gasteiger partial charge in [0, 0.05) is 6.42 Å². The highest BCUT2D eigenvalue weighted by molar-refractivity contribution is 5.21. The molecule has 0 rings (SSSR count). The molecule has 0 atom stereocenters. The van der Waals surface area contributed by atoms with Gasteiger partial charge in [0.25, 0.3) is 0 Å². The SMILES string of the molecule is C#CCC(=CC(=C)C)CC. The molecule has 0 saturated carbocycles. The monoisotopic (exact) mass is 134 g/mol. The molecule has 0 aromatic rings. The largest absolute Gasteiger partial charge is 0.120 e. The van der Waals surface area contributed by atoms with Crippen LogP contribution in [0.25, 0.3) is 0 Å². The summed E-state index contributed by atoms with van der Waals surface area (Å²) in [6, 6.07) is 0. The third-order valence-electron chi connectivity index (χ3n) is 1.23. The Hall–Kier alpha value is -0.960. The van der Waals surface area contributed by atoms with Gasteiger partial charge in [-0.15, -0.1) is 12.3 Å². The highest BCUT2D eigenvalue weighted by atomic mass is 13.9. The highest BCUT2D eigenvalue weighted by Gasteiger charge is 1.89. The van der Waals surface area contributed by atoms with Gasteiger partial charge in [-0.2, -0.15) is 0 Å². The Bertz CT molecular complexity index is 177. The fourth-order valence-electron chi connectivity index (χ4n) is 0.758. The molecule has 0 heteroatoms. The van der Waals surface area contributed by atoms with E-state index >= 15 is 0 Å². The van der Waals surface area contributed by atoms with E-state index in [-0.39, 0.29) is 0 Å². The predicted molar refractivity (Wildman–Crippen MR) is 46.6 cm³/mol. The molecule has 10 heavy (non-hydrogen) atoms. The van der Waals surface area contributed by atoms with Crippen molar-refractivity contribution in [2.75, 3.05) is 0 Å². The molecule has 0 aromatic heterocycles. The number of hydrogen-bond acceptors (Lipinski definition) is 0. The van der Waals surface area contributed by atoms with Crippen molar-refractivity contribution >= 4 is 0 Å². The molecular weight excluding hydrogens is 120 g/mol. The van der Waals surface area contributed by atoms with Crippen LogP contribution in [-0.2, 0) is 0 Å². The van der Waals surface area contributed by atoms with Crippen LogP contribution in [0.3, 0.4) is 0 Å². The number of rotatable bonds is 3. The van der Waals surface area contributed by atoms with Crippen LogP contribution in [0.1, 0.15) is 26.7 Å². The molecule has 0 aromatic carbocycles. The third-order valence-corrected chi connectivity index (χ3v) is 1.23. The minimum atomic E-state index is 0.753. The molecule has 0 aliphatic heterocycles. The zero-order valence-electron chi connectivity index (χ0n) is 6.78. The van der Waals surface area contributed by atoms with Crippen LogP contribution in [0, 0.1) is 12.3 Å². The third kappa shape index (κ3) is 3.97. The molecule has 0 spiro atoms. The summed E-state index contributed by atoms with van der Waals surface area (Å²) in [5.74, 6) is 2.61. The van der Waals surface area contributed by atoms with Gasteiger partial charge < -0.3 is 0 Å². The van der Waals surface area contributed by atoms with E-state index in [9.17, 15) is 0 Å². The van der Waals surface area contributed by atoms with Crippen molar-refractivity contribution in [2.45, 2.75) is 26.7 Å². The van der Waals surface area contributed by atoms with Crippen LogP contribution < -0.4 is 0 Å². The molecule has 0 amide bonds. The van der Waals surface area contributed by atoms with Crippen LogP contribution in [0.15, 0.2) is 23.8 Å². The van der Waals surface area contributed by atoms with E-state index in [1.165, 1.54) is 5.57 Å². The van der Waals surface area contributed by atoms with Gasteiger partial charge in [0.05, 0.1) is 0 Å². The molecule has 0 nitrogen and oxygen atoms in total. The molecule has 0 unspecified atom stereocenters. The van der Waals surface area contributed by atoms with Gasteiger partial charge in [-0.3, -0.25) is 0 Å². The van der Waals surface area contributed by atoms with E-state index < -0.39 is 0 Å². The van der Waals surface area contributed by atoms with Crippen molar-refractivity contribution in [1.29, 1.82) is 0 Å². The summed E-state index contributed by atoms with van der Waals surface area (Å²) < 4.78 is 0. The summed E-state index contributed by atoms with van der Waals surface area (Å²) in [6.07, 6.45) is 8.99. The Labute approximate surface area is 63.6 Å². The first kappa shape index (κ1) is 9.04. The molecule has 54 valence electrons. The Morgan fingerprint density at radius 1 is 1.70 bits per heavy atom. The van der Waals surface area contributed by atoms with Crippen LogP contribution >= 0.6 is 0 Å². The van der Waals surface area contributed by atoms with Crippen LogP contribution in [0.2, 0.25) is 0 Å². The fraction of sp³-hybridized carbons (Fsp3) is 0.400. The summed E-state index contributed by atoms with van der Waals surface area (Å²) in [5, 5.41) is 0. The van der Waals surface area contributed by atoms with Crippen molar-refractivity contribution in [3.63, 3.8) is 0 Å². The Morgan fingerprint density at radius 3 is 2.60 bits per heavy atom. The first-order valence-corrected chi connectivity index (χ1v) is 3.49. The smallest absolute Gasteiger partial charge is 0.0299 e. The summed E-state index contributed by atoms with van der Waals surface area (Å²) in [4.78, 5) is 0. The van der Waals surface area contributed by atoms with E-state index in [1.54, 1.807) is 0 Å².